The summed E-state index contributed by atoms with van der Waals surface area (Å²) in [5.74, 6) is -0.160. The summed E-state index contributed by atoms with van der Waals surface area (Å²) in [6.45, 7) is 2.04. The minimum atomic E-state index is -0.160. The van der Waals surface area contributed by atoms with Gasteiger partial charge in [0.2, 0.25) is 0 Å². The fraction of sp³-hybridized carbons (Fsp3) is 0.250. The number of benzene rings is 1. The van der Waals surface area contributed by atoms with Crippen LogP contribution >= 0.6 is 22.7 Å². The van der Waals surface area contributed by atoms with Crippen LogP contribution in [0.3, 0.4) is 0 Å². The van der Waals surface area contributed by atoms with Crippen molar-refractivity contribution >= 4 is 32.1 Å². The molecule has 0 aliphatic rings. The summed E-state index contributed by atoms with van der Waals surface area (Å²) in [5, 5.41) is 5.48. The predicted octanol–water partition coefficient (Wildman–Crippen LogP) is 4.91. The molecule has 0 aliphatic carbocycles. The molecule has 2 heterocycles. The maximum Gasteiger partial charge on any atom is 0.123 e. The number of likely N-dealkylation sites (N-methyl/N-ethyl adjacent to an activating group) is 1. The number of rotatable bonds is 4. The Bertz CT molecular complexity index is 700. The van der Waals surface area contributed by atoms with Gasteiger partial charge in [0.25, 0.3) is 0 Å². The molecule has 1 unspecified atom stereocenters. The van der Waals surface area contributed by atoms with Gasteiger partial charge in [-0.25, -0.2) is 4.39 Å². The Hall–Kier alpha value is -1.23. The first-order valence-corrected chi connectivity index (χ1v) is 8.26. The highest BCUT2D eigenvalue weighted by molar-refractivity contribution is 7.26. The number of halogens is 1. The van der Waals surface area contributed by atoms with E-state index >= 15 is 0 Å². The van der Waals surface area contributed by atoms with Crippen LogP contribution in [0.15, 0.2) is 35.7 Å². The van der Waals surface area contributed by atoms with Crippen molar-refractivity contribution in [1.29, 1.82) is 0 Å². The zero-order valence-electron chi connectivity index (χ0n) is 11.4. The van der Waals surface area contributed by atoms with Crippen molar-refractivity contribution < 1.29 is 4.39 Å². The number of fused-ring (bicyclic) bond motifs is 1. The molecule has 3 rings (SSSR count). The summed E-state index contributed by atoms with van der Waals surface area (Å²) in [4.78, 5) is 1.32. The summed E-state index contributed by atoms with van der Waals surface area (Å²) >= 11 is 3.59. The Labute approximate surface area is 126 Å². The van der Waals surface area contributed by atoms with Crippen LogP contribution in [-0.4, -0.2) is 7.05 Å². The Kier molecular flexibility index (Phi) is 3.87. The molecule has 2 aromatic heterocycles. The second-order valence-electron chi connectivity index (χ2n) is 4.91. The van der Waals surface area contributed by atoms with Gasteiger partial charge in [-0.15, -0.1) is 22.7 Å². The van der Waals surface area contributed by atoms with E-state index in [1.165, 1.54) is 20.3 Å². The lowest BCUT2D eigenvalue weighted by Gasteiger charge is -2.16. The second kappa shape index (κ2) is 5.64. The summed E-state index contributed by atoms with van der Waals surface area (Å²) in [5.41, 5.74) is 2.21. The molecule has 3 aromatic rings. The third-order valence-electron chi connectivity index (χ3n) is 3.59. The molecule has 0 aliphatic heterocycles. The number of thiophene rings is 2. The highest BCUT2D eigenvalue weighted by atomic mass is 32.1. The summed E-state index contributed by atoms with van der Waals surface area (Å²) in [6, 6.07) is 9.67. The van der Waals surface area contributed by atoms with Crippen molar-refractivity contribution in [2.24, 2.45) is 0 Å². The van der Waals surface area contributed by atoms with Gasteiger partial charge in [-0.3, -0.25) is 0 Å². The van der Waals surface area contributed by atoms with Gasteiger partial charge in [0.1, 0.15) is 5.82 Å². The molecule has 104 valence electrons. The lowest BCUT2D eigenvalue weighted by atomic mass is 10.00. The van der Waals surface area contributed by atoms with Gasteiger partial charge in [0.15, 0.2) is 0 Å². The van der Waals surface area contributed by atoms with Crippen molar-refractivity contribution in [3.8, 4) is 0 Å². The van der Waals surface area contributed by atoms with Gasteiger partial charge < -0.3 is 5.32 Å². The Morgan fingerprint density at radius 2 is 2.05 bits per heavy atom. The smallest absolute Gasteiger partial charge is 0.123 e. The first-order chi connectivity index (χ1) is 9.67. The Morgan fingerprint density at radius 1 is 1.20 bits per heavy atom. The molecule has 0 amide bonds. The molecule has 1 aromatic carbocycles. The summed E-state index contributed by atoms with van der Waals surface area (Å²) < 4.78 is 16.1. The normalized spacial score (nSPS) is 12.9. The summed E-state index contributed by atoms with van der Waals surface area (Å²) in [6.07, 6.45) is 0.813. The second-order valence-corrected chi connectivity index (χ2v) is 6.98. The van der Waals surface area contributed by atoms with Crippen molar-refractivity contribution in [2.45, 2.75) is 19.4 Å². The largest absolute Gasteiger partial charge is 0.312 e. The maximum absolute atomic E-state index is 13.4. The Balaban J connectivity index is 1.90. The monoisotopic (exact) mass is 305 g/mol. The first-order valence-electron chi connectivity index (χ1n) is 6.56. The quantitative estimate of drug-likeness (QED) is 0.722. The highest BCUT2D eigenvalue weighted by Crippen LogP contribution is 2.34. The third-order valence-corrected chi connectivity index (χ3v) is 5.79. The van der Waals surface area contributed by atoms with E-state index in [1.807, 2.05) is 31.4 Å². The molecular formula is C16H16FNS2. The van der Waals surface area contributed by atoms with Crippen LogP contribution in [0.5, 0.6) is 0 Å². The van der Waals surface area contributed by atoms with Gasteiger partial charge in [-0.1, -0.05) is 6.07 Å². The number of nitrogens with one attached hydrogen (secondary N) is 1. The van der Waals surface area contributed by atoms with Gasteiger partial charge in [-0.05, 0) is 61.2 Å². The van der Waals surface area contributed by atoms with Crippen LogP contribution in [-0.2, 0) is 6.42 Å². The fourth-order valence-corrected chi connectivity index (χ4v) is 4.61. The van der Waals surface area contributed by atoms with E-state index in [2.05, 4.69) is 22.8 Å². The molecule has 1 nitrogen and oxygen atoms in total. The first kappa shape index (κ1) is 13.7. The molecule has 1 atom stereocenters. The van der Waals surface area contributed by atoms with E-state index in [0.717, 1.165) is 17.5 Å². The van der Waals surface area contributed by atoms with E-state index in [4.69, 9.17) is 0 Å². The summed E-state index contributed by atoms with van der Waals surface area (Å²) in [7, 11) is 1.97. The molecule has 0 bridgehead atoms. The zero-order chi connectivity index (χ0) is 14.1. The molecular weight excluding hydrogens is 289 g/mol. The van der Waals surface area contributed by atoms with Crippen molar-refractivity contribution in [2.75, 3.05) is 7.05 Å². The average Bonchev–Trinajstić information content (AvgIpc) is 3.00. The lowest BCUT2D eigenvalue weighted by molar-refractivity contribution is 0.590. The van der Waals surface area contributed by atoms with E-state index in [1.54, 1.807) is 17.4 Å². The van der Waals surface area contributed by atoms with E-state index in [0.29, 0.717) is 0 Å². The average molecular weight is 305 g/mol. The highest BCUT2D eigenvalue weighted by Gasteiger charge is 2.15. The van der Waals surface area contributed by atoms with Crippen molar-refractivity contribution in [3.63, 3.8) is 0 Å². The topological polar surface area (TPSA) is 12.0 Å². The molecule has 0 saturated heterocycles. The van der Waals surface area contributed by atoms with Crippen LogP contribution in [0, 0.1) is 12.7 Å². The SMILES string of the molecule is CNC(Cc1cc(F)ccc1C)c1cc2sccc2s1. The minimum absolute atomic E-state index is 0.160. The van der Waals surface area contributed by atoms with Crippen LogP contribution < -0.4 is 5.32 Å². The third kappa shape index (κ3) is 2.64. The molecule has 0 radical (unpaired) electrons. The number of aryl methyl sites for hydroxylation is 1. The minimum Gasteiger partial charge on any atom is -0.312 e. The van der Waals surface area contributed by atoms with Gasteiger partial charge in [0.05, 0.1) is 0 Å². The van der Waals surface area contributed by atoms with Crippen molar-refractivity contribution in [1.82, 2.24) is 5.32 Å². The maximum atomic E-state index is 13.4. The van der Waals surface area contributed by atoms with E-state index in [-0.39, 0.29) is 11.9 Å². The van der Waals surface area contributed by atoms with Gasteiger partial charge in [-0.2, -0.15) is 0 Å². The van der Waals surface area contributed by atoms with Crippen LogP contribution in [0.2, 0.25) is 0 Å². The van der Waals surface area contributed by atoms with E-state index < -0.39 is 0 Å². The van der Waals surface area contributed by atoms with Gasteiger partial charge in [0, 0.05) is 20.3 Å². The van der Waals surface area contributed by atoms with Crippen LogP contribution in [0.25, 0.3) is 9.40 Å². The molecule has 0 spiro atoms. The molecule has 20 heavy (non-hydrogen) atoms. The zero-order valence-corrected chi connectivity index (χ0v) is 13.1. The number of hydrogen-bond donors (Lipinski definition) is 1. The van der Waals surface area contributed by atoms with Crippen LogP contribution in [0.4, 0.5) is 4.39 Å². The molecule has 0 saturated carbocycles. The predicted molar refractivity (Wildman–Crippen MR) is 86.3 cm³/mol. The molecule has 4 heteroatoms. The van der Waals surface area contributed by atoms with Gasteiger partial charge >= 0.3 is 0 Å². The molecule has 0 fully saturated rings. The fourth-order valence-electron chi connectivity index (χ4n) is 2.38. The molecule has 1 N–H and O–H groups in total. The standard InChI is InChI=1S/C16H16FNS2/c1-10-3-4-12(17)7-11(10)8-13(18-2)15-9-16-14(20-15)5-6-19-16/h3-7,9,13,18H,8H2,1-2H3. The van der Waals surface area contributed by atoms with Crippen LogP contribution in [0.1, 0.15) is 22.0 Å². The van der Waals surface area contributed by atoms with Crippen molar-refractivity contribution in [3.05, 3.63) is 57.5 Å². The van der Waals surface area contributed by atoms with E-state index in [9.17, 15) is 4.39 Å². The lowest BCUT2D eigenvalue weighted by Crippen LogP contribution is -2.18. The number of hydrogen-bond acceptors (Lipinski definition) is 3. The Morgan fingerprint density at radius 3 is 2.80 bits per heavy atom.